The highest BCUT2D eigenvalue weighted by atomic mass is 16.5. The average molecular weight is 377 g/mol. The van der Waals surface area contributed by atoms with Crippen LogP contribution in [0.1, 0.15) is 17.7 Å². The number of nitrogens with one attached hydrogen (secondary N) is 3. The Morgan fingerprint density at radius 1 is 1.04 bits per heavy atom. The molecule has 1 aromatic carbocycles. The number of carbonyl (C=O) groups excluding carboxylic acids is 2. The van der Waals surface area contributed by atoms with E-state index in [9.17, 15) is 9.59 Å². The van der Waals surface area contributed by atoms with Gasteiger partial charge in [-0.2, -0.15) is 5.10 Å². The van der Waals surface area contributed by atoms with Gasteiger partial charge in [0, 0.05) is 36.2 Å². The molecule has 3 aromatic rings. The number of H-pyrrole nitrogens is 1. The minimum Gasteiger partial charge on any atom is -0.457 e. The molecule has 0 bridgehead atoms. The summed E-state index contributed by atoms with van der Waals surface area (Å²) < 4.78 is 5.67. The Hall–Kier alpha value is -3.68. The normalized spacial score (nSPS) is 15.4. The highest BCUT2D eigenvalue weighted by Crippen LogP contribution is 2.22. The molecule has 0 radical (unpaired) electrons. The SMILES string of the molecule is O=C(Nc1ccc(Oc2ccncc2)cc1)C(=O)N[C@@H]1CCc2cn[nH]c2C1. The van der Waals surface area contributed by atoms with Gasteiger partial charge in [-0.25, -0.2) is 0 Å². The molecular formula is C20H19N5O3. The van der Waals surface area contributed by atoms with Crippen LogP contribution in [0.25, 0.3) is 0 Å². The molecule has 0 aliphatic heterocycles. The number of ether oxygens (including phenoxy) is 1. The molecule has 2 amide bonds. The van der Waals surface area contributed by atoms with E-state index in [-0.39, 0.29) is 6.04 Å². The van der Waals surface area contributed by atoms with E-state index in [0.29, 0.717) is 23.6 Å². The van der Waals surface area contributed by atoms with E-state index >= 15 is 0 Å². The number of rotatable bonds is 4. The highest BCUT2D eigenvalue weighted by Gasteiger charge is 2.24. The summed E-state index contributed by atoms with van der Waals surface area (Å²) in [4.78, 5) is 28.3. The number of hydrogen-bond acceptors (Lipinski definition) is 5. The quantitative estimate of drug-likeness (QED) is 0.604. The van der Waals surface area contributed by atoms with Crippen LogP contribution >= 0.6 is 0 Å². The van der Waals surface area contributed by atoms with Crippen LogP contribution in [0.15, 0.2) is 55.0 Å². The van der Waals surface area contributed by atoms with E-state index in [1.165, 1.54) is 5.56 Å². The number of anilines is 1. The van der Waals surface area contributed by atoms with Crippen molar-refractivity contribution in [2.45, 2.75) is 25.3 Å². The Kier molecular flexibility index (Phi) is 5.01. The zero-order chi connectivity index (χ0) is 19.3. The van der Waals surface area contributed by atoms with Gasteiger partial charge < -0.3 is 15.4 Å². The monoisotopic (exact) mass is 377 g/mol. The van der Waals surface area contributed by atoms with Crippen molar-refractivity contribution < 1.29 is 14.3 Å². The third-order valence-electron chi connectivity index (χ3n) is 4.56. The van der Waals surface area contributed by atoms with E-state index in [1.54, 1.807) is 48.8 Å². The molecule has 1 aliphatic carbocycles. The van der Waals surface area contributed by atoms with Crippen LogP contribution in [-0.4, -0.2) is 33.0 Å². The summed E-state index contributed by atoms with van der Waals surface area (Å²) in [6, 6.07) is 10.2. The fourth-order valence-electron chi connectivity index (χ4n) is 3.12. The molecule has 0 saturated heterocycles. The summed E-state index contributed by atoms with van der Waals surface area (Å²) in [6.07, 6.45) is 7.35. The van der Waals surface area contributed by atoms with Gasteiger partial charge in [-0.3, -0.25) is 19.7 Å². The number of aromatic nitrogens is 3. The Balaban J connectivity index is 1.30. The van der Waals surface area contributed by atoms with Crippen molar-refractivity contribution in [3.8, 4) is 11.5 Å². The number of nitrogens with zero attached hydrogens (tertiary/aromatic N) is 2. The lowest BCUT2D eigenvalue weighted by molar-refractivity contribution is -0.136. The molecule has 0 saturated carbocycles. The molecule has 8 heteroatoms. The number of fused-ring (bicyclic) bond motifs is 1. The van der Waals surface area contributed by atoms with Crippen LogP contribution < -0.4 is 15.4 Å². The van der Waals surface area contributed by atoms with E-state index in [1.807, 2.05) is 6.20 Å². The predicted molar refractivity (Wildman–Crippen MR) is 102 cm³/mol. The predicted octanol–water partition coefficient (Wildman–Crippen LogP) is 2.21. The Morgan fingerprint density at radius 3 is 2.57 bits per heavy atom. The van der Waals surface area contributed by atoms with E-state index in [2.05, 4.69) is 25.8 Å². The van der Waals surface area contributed by atoms with Gasteiger partial charge in [-0.05, 0) is 54.8 Å². The average Bonchev–Trinajstić information content (AvgIpc) is 3.18. The van der Waals surface area contributed by atoms with Crippen molar-refractivity contribution >= 4 is 17.5 Å². The number of pyridine rings is 1. The van der Waals surface area contributed by atoms with Crippen molar-refractivity contribution in [2.24, 2.45) is 0 Å². The van der Waals surface area contributed by atoms with Gasteiger partial charge in [0.2, 0.25) is 0 Å². The second kappa shape index (κ2) is 7.91. The molecule has 142 valence electrons. The van der Waals surface area contributed by atoms with Gasteiger partial charge in [0.05, 0.1) is 6.20 Å². The lowest BCUT2D eigenvalue weighted by Crippen LogP contribution is -2.44. The number of hydrogen-bond donors (Lipinski definition) is 3. The second-order valence-corrected chi connectivity index (χ2v) is 6.55. The van der Waals surface area contributed by atoms with Crippen LogP contribution in [0.4, 0.5) is 5.69 Å². The summed E-state index contributed by atoms with van der Waals surface area (Å²) in [7, 11) is 0. The molecule has 1 atom stereocenters. The topological polar surface area (TPSA) is 109 Å². The number of carbonyl (C=O) groups is 2. The molecule has 0 unspecified atom stereocenters. The Labute approximate surface area is 161 Å². The first-order valence-corrected chi connectivity index (χ1v) is 8.98. The smallest absolute Gasteiger partial charge is 0.313 e. The maximum atomic E-state index is 12.2. The van der Waals surface area contributed by atoms with Crippen LogP contribution in [0.2, 0.25) is 0 Å². The van der Waals surface area contributed by atoms with Crippen LogP contribution in [0.5, 0.6) is 11.5 Å². The molecule has 28 heavy (non-hydrogen) atoms. The molecular weight excluding hydrogens is 358 g/mol. The number of amides is 2. The van der Waals surface area contributed by atoms with Crippen molar-refractivity contribution in [1.29, 1.82) is 0 Å². The lowest BCUT2D eigenvalue weighted by Gasteiger charge is -2.22. The molecule has 8 nitrogen and oxygen atoms in total. The van der Waals surface area contributed by atoms with Gasteiger partial charge in [0.15, 0.2) is 0 Å². The fraction of sp³-hybridized carbons (Fsp3) is 0.200. The van der Waals surface area contributed by atoms with Crippen LogP contribution in [0, 0.1) is 0 Å². The van der Waals surface area contributed by atoms with E-state index in [4.69, 9.17) is 4.74 Å². The highest BCUT2D eigenvalue weighted by molar-refractivity contribution is 6.39. The first-order chi connectivity index (χ1) is 13.7. The molecule has 1 aliphatic rings. The second-order valence-electron chi connectivity index (χ2n) is 6.55. The molecule has 0 spiro atoms. The van der Waals surface area contributed by atoms with Crippen LogP contribution in [-0.2, 0) is 22.4 Å². The van der Waals surface area contributed by atoms with Gasteiger partial charge in [0.25, 0.3) is 0 Å². The molecule has 4 rings (SSSR count). The summed E-state index contributed by atoms with van der Waals surface area (Å²) in [5.74, 6) is -0.0615. The third-order valence-corrected chi connectivity index (χ3v) is 4.56. The van der Waals surface area contributed by atoms with Crippen molar-refractivity contribution in [3.05, 3.63) is 66.2 Å². The standard InChI is InChI=1S/C20H19N5O3/c26-19(20(27)24-15-2-1-13-12-22-25-18(13)11-15)23-14-3-5-16(6-4-14)28-17-7-9-21-10-8-17/h3-10,12,15H,1-2,11H2,(H,22,25)(H,23,26)(H,24,27)/t15-/m1/s1. The summed E-state index contributed by atoms with van der Waals surface area (Å²) >= 11 is 0. The number of aryl methyl sites for hydroxylation is 1. The summed E-state index contributed by atoms with van der Waals surface area (Å²) in [5.41, 5.74) is 2.70. The van der Waals surface area contributed by atoms with Crippen molar-refractivity contribution in [3.63, 3.8) is 0 Å². The Morgan fingerprint density at radius 2 is 1.79 bits per heavy atom. The molecule has 2 heterocycles. The minimum absolute atomic E-state index is 0.0812. The summed E-state index contributed by atoms with van der Waals surface area (Å²) in [6.45, 7) is 0. The van der Waals surface area contributed by atoms with Crippen LogP contribution in [0.3, 0.4) is 0 Å². The van der Waals surface area contributed by atoms with E-state index < -0.39 is 11.8 Å². The van der Waals surface area contributed by atoms with Gasteiger partial charge in [-0.15, -0.1) is 0 Å². The zero-order valence-electron chi connectivity index (χ0n) is 15.0. The van der Waals surface area contributed by atoms with E-state index in [0.717, 1.165) is 18.5 Å². The maximum Gasteiger partial charge on any atom is 0.313 e. The summed E-state index contributed by atoms with van der Waals surface area (Å²) in [5, 5.41) is 12.3. The van der Waals surface area contributed by atoms with Gasteiger partial charge in [-0.1, -0.05) is 0 Å². The molecule has 0 fully saturated rings. The first-order valence-electron chi connectivity index (χ1n) is 8.98. The zero-order valence-corrected chi connectivity index (χ0v) is 15.0. The Bertz CT molecular complexity index is 969. The molecule has 3 N–H and O–H groups in total. The van der Waals surface area contributed by atoms with Crippen molar-refractivity contribution in [1.82, 2.24) is 20.5 Å². The number of aromatic amines is 1. The first kappa shape index (κ1) is 17.7. The van der Waals surface area contributed by atoms with Gasteiger partial charge in [0.1, 0.15) is 11.5 Å². The molecule has 2 aromatic heterocycles. The van der Waals surface area contributed by atoms with Gasteiger partial charge >= 0.3 is 11.8 Å². The number of benzene rings is 1. The minimum atomic E-state index is -0.696. The largest absolute Gasteiger partial charge is 0.457 e. The lowest BCUT2D eigenvalue weighted by atomic mass is 9.94. The fourth-order valence-corrected chi connectivity index (χ4v) is 3.12. The van der Waals surface area contributed by atoms with Crippen molar-refractivity contribution in [2.75, 3.05) is 5.32 Å². The maximum absolute atomic E-state index is 12.2. The third kappa shape index (κ3) is 4.17.